The van der Waals surface area contributed by atoms with Crippen molar-refractivity contribution >= 4 is 5.91 Å². The van der Waals surface area contributed by atoms with Gasteiger partial charge in [-0.25, -0.2) is 4.98 Å². The normalized spacial score (nSPS) is 24.2. The first-order chi connectivity index (χ1) is 10.7. The van der Waals surface area contributed by atoms with E-state index in [1.54, 1.807) is 0 Å². The monoisotopic (exact) mass is 299 g/mol. The number of imidazole rings is 1. The minimum atomic E-state index is -0.0430. The molecule has 1 amide bonds. The van der Waals surface area contributed by atoms with Crippen LogP contribution in [0, 0.1) is 22.7 Å². The third-order valence-electron chi connectivity index (χ3n) is 4.41. The average Bonchev–Trinajstić information content (AvgIpc) is 2.95. The van der Waals surface area contributed by atoms with Crippen molar-refractivity contribution in [3.8, 4) is 12.1 Å². The van der Waals surface area contributed by atoms with Crippen molar-refractivity contribution in [1.29, 1.82) is 10.5 Å². The van der Waals surface area contributed by atoms with E-state index in [2.05, 4.69) is 4.98 Å². The van der Waals surface area contributed by atoms with Crippen molar-refractivity contribution in [3.05, 3.63) is 17.7 Å². The molecular weight excluding hydrogens is 282 g/mol. The quantitative estimate of drug-likeness (QED) is 0.804. The Bertz CT molecular complexity index is 652. The van der Waals surface area contributed by atoms with E-state index in [0.717, 1.165) is 25.7 Å². The van der Waals surface area contributed by atoms with E-state index in [1.807, 2.05) is 17.0 Å². The third kappa shape index (κ3) is 2.56. The predicted octanol–water partition coefficient (Wildman–Crippen LogP) is 0.796. The van der Waals surface area contributed by atoms with Crippen LogP contribution in [0.2, 0.25) is 0 Å². The second-order valence-electron chi connectivity index (χ2n) is 5.64. The summed E-state index contributed by atoms with van der Waals surface area (Å²) in [7, 11) is 0. The highest BCUT2D eigenvalue weighted by molar-refractivity contribution is 5.77. The molecule has 3 rings (SSSR count). The van der Waals surface area contributed by atoms with E-state index in [4.69, 9.17) is 15.3 Å². The minimum Gasteiger partial charge on any atom is -0.374 e. The van der Waals surface area contributed by atoms with Crippen molar-refractivity contribution in [2.75, 3.05) is 13.2 Å². The lowest BCUT2D eigenvalue weighted by Gasteiger charge is -2.43. The number of hydrogen-bond acceptors (Lipinski definition) is 5. The maximum Gasteiger partial charge on any atom is 0.243 e. The number of amides is 1. The van der Waals surface area contributed by atoms with E-state index in [1.165, 1.54) is 10.9 Å². The van der Waals surface area contributed by atoms with Gasteiger partial charge in [-0.15, -0.1) is 0 Å². The molecule has 1 aliphatic heterocycles. The molecule has 0 N–H and O–H groups in total. The highest BCUT2D eigenvalue weighted by Crippen LogP contribution is 2.28. The van der Waals surface area contributed by atoms with Gasteiger partial charge in [0.25, 0.3) is 0 Å². The van der Waals surface area contributed by atoms with Crippen LogP contribution in [-0.4, -0.2) is 45.7 Å². The Labute approximate surface area is 128 Å². The topological polar surface area (TPSA) is 94.9 Å². The standard InChI is InChI=1S/C15H17N5O2/c16-7-11-13(8-17)19(10-18-11)9-15(21)20-5-6-22-14-4-2-1-3-12(14)20/h10,12,14H,1-6,9H2/t12-,14-/m1/s1. The Morgan fingerprint density at radius 3 is 2.95 bits per heavy atom. The molecule has 2 atom stereocenters. The Balaban J connectivity index is 1.75. The lowest BCUT2D eigenvalue weighted by molar-refractivity contribution is -0.150. The van der Waals surface area contributed by atoms with Gasteiger partial charge in [-0.1, -0.05) is 12.8 Å². The van der Waals surface area contributed by atoms with Gasteiger partial charge in [0.05, 0.1) is 25.1 Å². The second kappa shape index (κ2) is 6.17. The number of morpholine rings is 1. The van der Waals surface area contributed by atoms with Crippen LogP contribution in [0.3, 0.4) is 0 Å². The van der Waals surface area contributed by atoms with Crippen molar-refractivity contribution in [2.45, 2.75) is 44.4 Å². The first kappa shape index (κ1) is 14.6. The molecular formula is C15H17N5O2. The number of ether oxygens (including phenoxy) is 1. The summed E-state index contributed by atoms with van der Waals surface area (Å²) in [6.45, 7) is 1.19. The number of fused-ring (bicyclic) bond motifs is 1. The number of nitrogens with zero attached hydrogens (tertiary/aromatic N) is 5. The number of nitriles is 2. The third-order valence-corrected chi connectivity index (χ3v) is 4.41. The molecule has 1 aliphatic carbocycles. The summed E-state index contributed by atoms with van der Waals surface area (Å²) in [5.74, 6) is -0.0430. The zero-order chi connectivity index (χ0) is 15.5. The van der Waals surface area contributed by atoms with Crippen LogP contribution in [0.25, 0.3) is 0 Å². The molecule has 114 valence electrons. The van der Waals surface area contributed by atoms with Crippen LogP contribution in [-0.2, 0) is 16.1 Å². The van der Waals surface area contributed by atoms with Gasteiger partial charge in [0, 0.05) is 6.54 Å². The summed E-state index contributed by atoms with van der Waals surface area (Å²) < 4.78 is 7.22. The molecule has 1 aromatic rings. The molecule has 1 saturated carbocycles. The molecule has 2 aliphatic rings. The molecule has 2 fully saturated rings. The molecule has 0 bridgehead atoms. The fraction of sp³-hybridized carbons (Fsp3) is 0.600. The van der Waals surface area contributed by atoms with E-state index >= 15 is 0 Å². The molecule has 1 saturated heterocycles. The summed E-state index contributed by atoms with van der Waals surface area (Å²) >= 11 is 0. The predicted molar refractivity (Wildman–Crippen MR) is 75.4 cm³/mol. The lowest BCUT2D eigenvalue weighted by Crippen LogP contribution is -2.55. The van der Waals surface area contributed by atoms with Gasteiger partial charge in [-0.3, -0.25) is 4.79 Å². The van der Waals surface area contributed by atoms with E-state index < -0.39 is 0 Å². The average molecular weight is 299 g/mol. The number of carbonyl (C=O) groups excluding carboxylic acids is 1. The molecule has 7 heteroatoms. The molecule has 1 aromatic heterocycles. The summed E-state index contributed by atoms with van der Waals surface area (Å²) in [4.78, 5) is 18.4. The maximum absolute atomic E-state index is 12.6. The fourth-order valence-electron chi connectivity index (χ4n) is 3.34. The Morgan fingerprint density at radius 2 is 2.18 bits per heavy atom. The smallest absolute Gasteiger partial charge is 0.243 e. The Morgan fingerprint density at radius 1 is 1.36 bits per heavy atom. The minimum absolute atomic E-state index is 0.0425. The largest absolute Gasteiger partial charge is 0.374 e. The number of rotatable bonds is 2. The van der Waals surface area contributed by atoms with Gasteiger partial charge in [-0.05, 0) is 12.8 Å². The number of hydrogen-bond donors (Lipinski definition) is 0. The van der Waals surface area contributed by atoms with Crippen molar-refractivity contribution in [1.82, 2.24) is 14.5 Å². The molecule has 2 heterocycles. The van der Waals surface area contributed by atoms with Gasteiger partial charge in [0.1, 0.15) is 18.7 Å². The highest BCUT2D eigenvalue weighted by atomic mass is 16.5. The summed E-state index contributed by atoms with van der Waals surface area (Å²) in [5, 5.41) is 18.0. The number of aromatic nitrogens is 2. The Hall–Kier alpha value is -2.38. The molecule has 0 radical (unpaired) electrons. The summed E-state index contributed by atoms with van der Waals surface area (Å²) in [6.07, 6.45) is 5.75. The molecule has 22 heavy (non-hydrogen) atoms. The molecule has 0 spiro atoms. The van der Waals surface area contributed by atoms with E-state index in [9.17, 15) is 4.79 Å². The van der Waals surface area contributed by atoms with Crippen molar-refractivity contribution in [3.63, 3.8) is 0 Å². The van der Waals surface area contributed by atoms with Crippen LogP contribution in [0.1, 0.15) is 37.1 Å². The van der Waals surface area contributed by atoms with Gasteiger partial charge in [0.2, 0.25) is 5.91 Å². The first-order valence-electron chi connectivity index (χ1n) is 7.51. The second-order valence-corrected chi connectivity index (χ2v) is 5.64. The molecule has 7 nitrogen and oxygen atoms in total. The lowest BCUT2D eigenvalue weighted by atomic mass is 9.90. The van der Waals surface area contributed by atoms with E-state index in [-0.39, 0.29) is 36.0 Å². The van der Waals surface area contributed by atoms with Gasteiger partial charge in [0.15, 0.2) is 11.4 Å². The van der Waals surface area contributed by atoms with E-state index in [0.29, 0.717) is 13.2 Å². The first-order valence-corrected chi connectivity index (χ1v) is 7.51. The van der Waals surface area contributed by atoms with Crippen molar-refractivity contribution < 1.29 is 9.53 Å². The zero-order valence-corrected chi connectivity index (χ0v) is 12.2. The fourth-order valence-corrected chi connectivity index (χ4v) is 3.34. The summed E-state index contributed by atoms with van der Waals surface area (Å²) in [6, 6.07) is 3.95. The van der Waals surface area contributed by atoms with Gasteiger partial charge >= 0.3 is 0 Å². The number of carbonyl (C=O) groups is 1. The maximum atomic E-state index is 12.6. The van der Waals surface area contributed by atoms with Gasteiger partial charge in [-0.2, -0.15) is 10.5 Å². The molecule has 0 unspecified atom stereocenters. The van der Waals surface area contributed by atoms with Crippen LogP contribution in [0.5, 0.6) is 0 Å². The van der Waals surface area contributed by atoms with Gasteiger partial charge < -0.3 is 14.2 Å². The summed E-state index contributed by atoms with van der Waals surface area (Å²) in [5.41, 5.74) is 0.206. The molecule has 0 aromatic carbocycles. The SMILES string of the molecule is N#Cc1ncn(CC(=O)N2CCO[C@@H]3CCCC[C@H]32)c1C#N. The highest BCUT2D eigenvalue weighted by Gasteiger charge is 2.36. The van der Waals surface area contributed by atoms with Crippen LogP contribution >= 0.6 is 0 Å². The zero-order valence-electron chi connectivity index (χ0n) is 12.2. The van der Waals surface area contributed by atoms with Crippen LogP contribution in [0.4, 0.5) is 0 Å². The Kier molecular flexibility index (Phi) is 4.08. The van der Waals surface area contributed by atoms with Crippen LogP contribution < -0.4 is 0 Å². The van der Waals surface area contributed by atoms with Crippen LogP contribution in [0.15, 0.2) is 6.33 Å². The van der Waals surface area contributed by atoms with Crippen molar-refractivity contribution in [2.24, 2.45) is 0 Å².